The number of benzene rings is 2. The van der Waals surface area contributed by atoms with E-state index in [2.05, 4.69) is 5.32 Å². The van der Waals surface area contributed by atoms with Gasteiger partial charge >= 0.3 is 5.76 Å². The van der Waals surface area contributed by atoms with E-state index in [9.17, 15) is 18.0 Å². The van der Waals surface area contributed by atoms with Gasteiger partial charge in [0.25, 0.3) is 0 Å². The lowest BCUT2D eigenvalue weighted by Gasteiger charge is -2.31. The Labute approximate surface area is 195 Å². The van der Waals surface area contributed by atoms with Crippen LogP contribution in [0.1, 0.15) is 19.3 Å². The molecule has 0 atom stereocenters. The standard InChI is InChI=1S/C22H24ClN3O6S/c1-25-18-5-4-16(13-20(18)32-22(25)28)33(29,30)26-9-7-14(8-10-26)11-21(27)24-17-12-15(23)3-6-19(17)31-2/h3-6,12-14H,7-11H2,1-2H3,(H,24,27). The second-order valence-electron chi connectivity index (χ2n) is 8.00. The number of carbonyl (C=O) groups is 1. The third-order valence-electron chi connectivity index (χ3n) is 5.88. The Hall–Kier alpha value is -2.82. The fourth-order valence-corrected chi connectivity index (χ4v) is 5.68. The summed E-state index contributed by atoms with van der Waals surface area (Å²) >= 11 is 6.01. The molecule has 1 aliphatic rings. The Morgan fingerprint density at radius 1 is 1.21 bits per heavy atom. The van der Waals surface area contributed by atoms with E-state index in [4.69, 9.17) is 20.8 Å². The zero-order chi connectivity index (χ0) is 23.8. The molecule has 176 valence electrons. The molecule has 9 nitrogen and oxygen atoms in total. The van der Waals surface area contributed by atoms with Crippen LogP contribution < -0.4 is 15.8 Å². The first-order valence-electron chi connectivity index (χ1n) is 10.4. The van der Waals surface area contributed by atoms with E-state index in [0.717, 1.165) is 0 Å². The molecule has 1 N–H and O–H groups in total. The van der Waals surface area contributed by atoms with Crippen molar-refractivity contribution in [3.63, 3.8) is 0 Å². The smallest absolute Gasteiger partial charge is 0.419 e. The van der Waals surface area contributed by atoms with Crippen LogP contribution in [0.3, 0.4) is 0 Å². The Kier molecular flexibility index (Phi) is 6.51. The van der Waals surface area contributed by atoms with E-state index >= 15 is 0 Å². The van der Waals surface area contributed by atoms with Gasteiger partial charge < -0.3 is 14.5 Å². The molecule has 0 bridgehead atoms. The number of anilines is 1. The van der Waals surface area contributed by atoms with E-state index in [1.165, 1.54) is 28.1 Å². The highest BCUT2D eigenvalue weighted by atomic mass is 35.5. The lowest BCUT2D eigenvalue weighted by Crippen LogP contribution is -2.39. The highest BCUT2D eigenvalue weighted by molar-refractivity contribution is 7.89. The molecule has 4 rings (SSSR count). The number of fused-ring (bicyclic) bond motifs is 1. The van der Waals surface area contributed by atoms with Crippen molar-refractivity contribution < 1.29 is 22.4 Å². The predicted molar refractivity (Wildman–Crippen MR) is 124 cm³/mol. The summed E-state index contributed by atoms with van der Waals surface area (Å²) in [7, 11) is -0.668. The van der Waals surface area contributed by atoms with Crippen molar-refractivity contribution in [1.29, 1.82) is 0 Å². The molecule has 11 heteroatoms. The Morgan fingerprint density at radius 3 is 2.64 bits per heavy atom. The summed E-state index contributed by atoms with van der Waals surface area (Å²) in [5, 5.41) is 3.31. The number of amides is 1. The van der Waals surface area contributed by atoms with Crippen LogP contribution in [0.4, 0.5) is 5.69 Å². The molecule has 0 unspecified atom stereocenters. The molecule has 0 aliphatic carbocycles. The van der Waals surface area contributed by atoms with Gasteiger partial charge in [0.2, 0.25) is 15.9 Å². The number of halogens is 1. The van der Waals surface area contributed by atoms with Crippen LogP contribution in [0.15, 0.2) is 50.5 Å². The molecule has 0 spiro atoms. The molecular formula is C22H24ClN3O6S. The Bertz CT molecular complexity index is 1360. The van der Waals surface area contributed by atoms with Gasteiger partial charge in [-0.1, -0.05) is 11.6 Å². The van der Waals surface area contributed by atoms with Gasteiger partial charge in [0, 0.05) is 37.6 Å². The van der Waals surface area contributed by atoms with E-state index in [-0.39, 0.29) is 28.7 Å². The van der Waals surface area contributed by atoms with E-state index < -0.39 is 15.8 Å². The van der Waals surface area contributed by atoms with Crippen molar-refractivity contribution in [3.05, 3.63) is 52.0 Å². The molecule has 0 saturated carbocycles. The SMILES string of the molecule is COc1ccc(Cl)cc1NC(=O)CC1CCN(S(=O)(=O)c2ccc3c(c2)oc(=O)n3C)CC1. The number of hydrogen-bond donors (Lipinski definition) is 1. The van der Waals surface area contributed by atoms with Crippen molar-refractivity contribution in [2.45, 2.75) is 24.2 Å². The molecule has 33 heavy (non-hydrogen) atoms. The number of aromatic nitrogens is 1. The fourth-order valence-electron chi connectivity index (χ4n) is 4.02. The summed E-state index contributed by atoms with van der Waals surface area (Å²) in [6.45, 7) is 0.606. The van der Waals surface area contributed by atoms with Gasteiger partial charge in [-0.05, 0) is 49.1 Å². The summed E-state index contributed by atoms with van der Waals surface area (Å²) in [5.41, 5.74) is 1.25. The zero-order valence-corrected chi connectivity index (χ0v) is 19.8. The zero-order valence-electron chi connectivity index (χ0n) is 18.2. The number of sulfonamides is 1. The van der Waals surface area contributed by atoms with E-state index in [1.54, 1.807) is 31.3 Å². The molecule has 1 fully saturated rings. The molecule has 3 aromatic rings. The van der Waals surface area contributed by atoms with Crippen molar-refractivity contribution in [2.24, 2.45) is 13.0 Å². The lowest BCUT2D eigenvalue weighted by atomic mass is 9.94. The fraction of sp³-hybridized carbons (Fsp3) is 0.364. The van der Waals surface area contributed by atoms with Crippen molar-refractivity contribution in [2.75, 3.05) is 25.5 Å². The summed E-state index contributed by atoms with van der Waals surface area (Å²) in [4.78, 5) is 24.3. The van der Waals surface area contributed by atoms with Gasteiger partial charge in [-0.15, -0.1) is 0 Å². The third kappa shape index (κ3) is 4.78. The van der Waals surface area contributed by atoms with E-state index in [0.29, 0.717) is 47.9 Å². The highest BCUT2D eigenvalue weighted by Gasteiger charge is 2.31. The third-order valence-corrected chi connectivity index (χ3v) is 8.01. The molecule has 2 aromatic carbocycles. The van der Waals surface area contributed by atoms with Gasteiger partial charge in [0.15, 0.2) is 5.58 Å². The minimum atomic E-state index is -3.74. The molecule has 1 aliphatic heterocycles. The van der Waals surface area contributed by atoms with Gasteiger partial charge in [0.1, 0.15) is 5.75 Å². The first-order valence-corrected chi connectivity index (χ1v) is 12.2. The number of hydrogen-bond acceptors (Lipinski definition) is 6. The van der Waals surface area contributed by atoms with Crippen LogP contribution in [0.25, 0.3) is 11.1 Å². The molecular weight excluding hydrogens is 470 g/mol. The molecule has 1 amide bonds. The van der Waals surface area contributed by atoms with Crippen LogP contribution in [-0.4, -0.2) is 43.4 Å². The van der Waals surface area contributed by atoms with Gasteiger partial charge in [-0.25, -0.2) is 13.2 Å². The highest BCUT2D eigenvalue weighted by Crippen LogP contribution is 2.30. The maximum Gasteiger partial charge on any atom is 0.419 e. The lowest BCUT2D eigenvalue weighted by molar-refractivity contribution is -0.117. The minimum absolute atomic E-state index is 0.0521. The first kappa shape index (κ1) is 23.3. The van der Waals surface area contributed by atoms with Crippen LogP contribution in [0.2, 0.25) is 5.02 Å². The van der Waals surface area contributed by atoms with Crippen molar-refractivity contribution in [3.8, 4) is 5.75 Å². The number of rotatable bonds is 6. The molecule has 0 radical (unpaired) electrons. The predicted octanol–water partition coefficient (Wildman–Crippen LogP) is 3.22. The van der Waals surface area contributed by atoms with Crippen LogP contribution in [-0.2, 0) is 21.9 Å². The number of oxazole rings is 1. The number of ether oxygens (including phenoxy) is 1. The second kappa shape index (κ2) is 9.20. The second-order valence-corrected chi connectivity index (χ2v) is 10.4. The molecule has 1 saturated heterocycles. The monoisotopic (exact) mass is 493 g/mol. The summed E-state index contributed by atoms with van der Waals surface area (Å²) in [5.74, 6) is -0.161. The quantitative estimate of drug-likeness (QED) is 0.564. The van der Waals surface area contributed by atoms with Crippen LogP contribution in [0.5, 0.6) is 5.75 Å². The summed E-state index contributed by atoms with van der Waals surface area (Å²) in [6.07, 6.45) is 1.38. The number of nitrogens with zero attached hydrogens (tertiary/aromatic N) is 2. The van der Waals surface area contributed by atoms with Gasteiger partial charge in [0.05, 0.1) is 23.2 Å². The van der Waals surface area contributed by atoms with Gasteiger partial charge in [-0.2, -0.15) is 4.31 Å². The number of piperidine rings is 1. The number of nitrogens with one attached hydrogen (secondary N) is 1. The van der Waals surface area contributed by atoms with E-state index in [1.807, 2.05) is 0 Å². The van der Waals surface area contributed by atoms with Crippen molar-refractivity contribution >= 4 is 44.3 Å². The number of methoxy groups -OCH3 is 1. The Balaban J connectivity index is 1.39. The minimum Gasteiger partial charge on any atom is -0.495 e. The average Bonchev–Trinajstić information content (AvgIpc) is 3.07. The Morgan fingerprint density at radius 2 is 1.94 bits per heavy atom. The summed E-state index contributed by atoms with van der Waals surface area (Å²) < 4.78 is 39.3. The van der Waals surface area contributed by atoms with Crippen molar-refractivity contribution in [1.82, 2.24) is 8.87 Å². The van der Waals surface area contributed by atoms with Crippen LogP contribution in [0, 0.1) is 5.92 Å². The average molecular weight is 494 g/mol. The number of aryl methyl sites for hydroxylation is 1. The molecule has 2 heterocycles. The summed E-state index contributed by atoms with van der Waals surface area (Å²) in [6, 6.07) is 9.40. The normalized spacial score (nSPS) is 15.6. The van der Waals surface area contributed by atoms with Gasteiger partial charge in [-0.3, -0.25) is 9.36 Å². The molecule has 1 aromatic heterocycles. The maximum atomic E-state index is 13.1. The largest absolute Gasteiger partial charge is 0.495 e. The maximum absolute atomic E-state index is 13.1. The van der Waals surface area contributed by atoms with Crippen LogP contribution >= 0.6 is 11.6 Å². The topological polar surface area (TPSA) is 111 Å². The number of carbonyl (C=O) groups excluding carboxylic acids is 1. The first-order chi connectivity index (χ1) is 15.7.